The van der Waals surface area contributed by atoms with Gasteiger partial charge in [-0.1, -0.05) is 19.9 Å². The van der Waals surface area contributed by atoms with E-state index in [-0.39, 0.29) is 24.3 Å². The molecule has 0 aliphatic heterocycles. The van der Waals surface area contributed by atoms with Crippen LogP contribution in [0.3, 0.4) is 0 Å². The molecule has 0 fully saturated rings. The lowest BCUT2D eigenvalue weighted by atomic mass is 10.0. The van der Waals surface area contributed by atoms with Gasteiger partial charge in [0, 0.05) is 18.3 Å². The highest BCUT2D eigenvalue weighted by Crippen LogP contribution is 2.17. The van der Waals surface area contributed by atoms with Gasteiger partial charge in [0.1, 0.15) is 5.75 Å². The predicted molar refractivity (Wildman–Crippen MR) is 82.1 cm³/mol. The molecule has 0 saturated heterocycles. The fourth-order valence-electron chi connectivity index (χ4n) is 1.59. The lowest BCUT2D eigenvalue weighted by Gasteiger charge is -2.15. The maximum Gasteiger partial charge on any atom is 0.257 e. The number of likely N-dealkylation sites (N-methyl/N-ethyl adjacent to an activating group) is 1. The SMILES string of the molecule is CCNC(=O)COc1cccc(NC(=O)[C@@H](N)C(C)C)c1. The second-order valence-corrected chi connectivity index (χ2v) is 5.03. The van der Waals surface area contributed by atoms with Crippen LogP contribution in [0.15, 0.2) is 24.3 Å². The summed E-state index contributed by atoms with van der Waals surface area (Å²) in [4.78, 5) is 23.2. The van der Waals surface area contributed by atoms with Crippen LogP contribution in [-0.4, -0.2) is 31.0 Å². The fourth-order valence-corrected chi connectivity index (χ4v) is 1.59. The zero-order valence-electron chi connectivity index (χ0n) is 12.7. The highest BCUT2D eigenvalue weighted by atomic mass is 16.5. The van der Waals surface area contributed by atoms with E-state index < -0.39 is 6.04 Å². The van der Waals surface area contributed by atoms with Crippen LogP contribution in [-0.2, 0) is 9.59 Å². The third kappa shape index (κ3) is 5.83. The number of hydrogen-bond donors (Lipinski definition) is 3. The molecule has 0 bridgehead atoms. The lowest BCUT2D eigenvalue weighted by Crippen LogP contribution is -2.39. The summed E-state index contributed by atoms with van der Waals surface area (Å²) in [6, 6.07) is 6.29. The molecule has 1 atom stereocenters. The van der Waals surface area contributed by atoms with Gasteiger partial charge in [-0.25, -0.2) is 0 Å². The molecular weight excluding hydrogens is 270 g/mol. The number of carbonyl (C=O) groups excluding carboxylic acids is 2. The molecule has 1 aromatic carbocycles. The van der Waals surface area contributed by atoms with Crippen LogP contribution in [0.2, 0.25) is 0 Å². The molecule has 116 valence electrons. The van der Waals surface area contributed by atoms with Crippen LogP contribution in [0.4, 0.5) is 5.69 Å². The maximum atomic E-state index is 11.9. The Hall–Kier alpha value is -2.08. The Morgan fingerprint density at radius 3 is 2.67 bits per heavy atom. The summed E-state index contributed by atoms with van der Waals surface area (Å²) in [5.41, 5.74) is 6.37. The third-order valence-electron chi connectivity index (χ3n) is 2.87. The number of hydrogen-bond acceptors (Lipinski definition) is 4. The van der Waals surface area contributed by atoms with Gasteiger partial charge in [-0.3, -0.25) is 9.59 Å². The molecule has 1 rings (SSSR count). The normalized spacial score (nSPS) is 11.9. The molecule has 6 nitrogen and oxygen atoms in total. The van der Waals surface area contributed by atoms with E-state index in [0.29, 0.717) is 18.0 Å². The predicted octanol–water partition coefficient (Wildman–Crippen LogP) is 1.12. The van der Waals surface area contributed by atoms with E-state index in [0.717, 1.165) is 0 Å². The van der Waals surface area contributed by atoms with Crippen molar-refractivity contribution >= 4 is 17.5 Å². The second kappa shape index (κ2) is 8.26. The van der Waals surface area contributed by atoms with E-state index in [1.54, 1.807) is 24.3 Å². The Labute approximate surface area is 125 Å². The van der Waals surface area contributed by atoms with Gasteiger partial charge in [0.2, 0.25) is 5.91 Å². The van der Waals surface area contributed by atoms with E-state index in [9.17, 15) is 9.59 Å². The minimum Gasteiger partial charge on any atom is -0.484 e. The Morgan fingerprint density at radius 1 is 1.33 bits per heavy atom. The van der Waals surface area contributed by atoms with E-state index in [4.69, 9.17) is 10.5 Å². The van der Waals surface area contributed by atoms with Crippen LogP contribution in [0.25, 0.3) is 0 Å². The van der Waals surface area contributed by atoms with Crippen LogP contribution >= 0.6 is 0 Å². The van der Waals surface area contributed by atoms with Crippen molar-refractivity contribution in [3.8, 4) is 5.75 Å². The van der Waals surface area contributed by atoms with Crippen molar-refractivity contribution in [3.63, 3.8) is 0 Å². The summed E-state index contributed by atoms with van der Waals surface area (Å²) in [5.74, 6) is 0.138. The van der Waals surface area contributed by atoms with E-state index >= 15 is 0 Å². The molecule has 0 heterocycles. The molecule has 0 saturated carbocycles. The molecule has 2 amide bonds. The minimum atomic E-state index is -0.565. The van der Waals surface area contributed by atoms with Crippen molar-refractivity contribution in [2.45, 2.75) is 26.8 Å². The summed E-state index contributed by atoms with van der Waals surface area (Å²) in [5, 5.41) is 5.37. The van der Waals surface area contributed by atoms with Gasteiger partial charge in [0.05, 0.1) is 6.04 Å². The minimum absolute atomic E-state index is 0.0576. The van der Waals surface area contributed by atoms with Crippen molar-refractivity contribution in [2.24, 2.45) is 11.7 Å². The van der Waals surface area contributed by atoms with Gasteiger partial charge in [0.15, 0.2) is 6.61 Å². The highest BCUT2D eigenvalue weighted by Gasteiger charge is 2.17. The van der Waals surface area contributed by atoms with Crippen LogP contribution in [0.1, 0.15) is 20.8 Å². The monoisotopic (exact) mass is 293 g/mol. The average Bonchev–Trinajstić information content (AvgIpc) is 2.45. The van der Waals surface area contributed by atoms with E-state index in [2.05, 4.69) is 10.6 Å². The number of anilines is 1. The standard InChI is InChI=1S/C15H23N3O3/c1-4-17-13(19)9-21-12-7-5-6-11(8-12)18-15(20)14(16)10(2)3/h5-8,10,14H,4,9,16H2,1-3H3,(H,17,19)(H,18,20)/t14-/m0/s1. The van der Waals surface area contributed by atoms with Crippen molar-refractivity contribution in [3.05, 3.63) is 24.3 Å². The third-order valence-corrected chi connectivity index (χ3v) is 2.87. The number of ether oxygens (including phenoxy) is 1. The molecule has 0 aromatic heterocycles. The van der Waals surface area contributed by atoms with E-state index in [1.807, 2.05) is 20.8 Å². The molecule has 0 aliphatic rings. The molecule has 0 unspecified atom stereocenters. The number of carbonyl (C=O) groups is 2. The Morgan fingerprint density at radius 2 is 2.05 bits per heavy atom. The number of rotatable bonds is 7. The van der Waals surface area contributed by atoms with Gasteiger partial charge in [-0.15, -0.1) is 0 Å². The molecule has 0 radical (unpaired) electrons. The molecule has 6 heteroatoms. The summed E-state index contributed by atoms with van der Waals surface area (Å²) < 4.78 is 5.36. The fraction of sp³-hybridized carbons (Fsp3) is 0.467. The van der Waals surface area contributed by atoms with Gasteiger partial charge in [-0.2, -0.15) is 0 Å². The molecule has 0 aliphatic carbocycles. The lowest BCUT2D eigenvalue weighted by molar-refractivity contribution is -0.123. The van der Waals surface area contributed by atoms with Crippen LogP contribution in [0.5, 0.6) is 5.75 Å². The van der Waals surface area contributed by atoms with Gasteiger partial charge >= 0.3 is 0 Å². The van der Waals surface area contributed by atoms with Crippen LogP contribution < -0.4 is 21.1 Å². The molecule has 21 heavy (non-hydrogen) atoms. The highest BCUT2D eigenvalue weighted by molar-refractivity contribution is 5.95. The van der Waals surface area contributed by atoms with Gasteiger partial charge in [-0.05, 0) is 25.0 Å². The molecule has 4 N–H and O–H groups in total. The largest absolute Gasteiger partial charge is 0.484 e. The molecule has 0 spiro atoms. The molecule has 1 aromatic rings. The first-order valence-electron chi connectivity index (χ1n) is 7.00. The number of benzene rings is 1. The smallest absolute Gasteiger partial charge is 0.257 e. The van der Waals surface area contributed by atoms with E-state index in [1.165, 1.54) is 0 Å². The second-order valence-electron chi connectivity index (χ2n) is 5.03. The number of nitrogens with one attached hydrogen (secondary N) is 2. The Bertz CT molecular complexity index is 489. The summed E-state index contributed by atoms with van der Waals surface area (Å²) in [7, 11) is 0. The average molecular weight is 293 g/mol. The van der Waals surface area contributed by atoms with Crippen LogP contribution in [0, 0.1) is 5.92 Å². The van der Waals surface area contributed by atoms with Crippen molar-refractivity contribution in [1.29, 1.82) is 0 Å². The Balaban J connectivity index is 2.60. The summed E-state index contributed by atoms with van der Waals surface area (Å²) >= 11 is 0. The first-order valence-corrected chi connectivity index (χ1v) is 7.00. The van der Waals surface area contributed by atoms with Gasteiger partial charge < -0.3 is 21.1 Å². The summed E-state index contributed by atoms with van der Waals surface area (Å²) in [6.45, 7) is 6.11. The summed E-state index contributed by atoms with van der Waals surface area (Å²) in [6.07, 6.45) is 0. The number of nitrogens with two attached hydrogens (primary N) is 1. The first-order chi connectivity index (χ1) is 9.93. The maximum absolute atomic E-state index is 11.9. The quantitative estimate of drug-likeness (QED) is 0.702. The molecular formula is C15H23N3O3. The Kier molecular flexibility index (Phi) is 6.68. The topological polar surface area (TPSA) is 93.5 Å². The van der Waals surface area contributed by atoms with Crippen molar-refractivity contribution < 1.29 is 14.3 Å². The zero-order chi connectivity index (χ0) is 15.8. The van der Waals surface area contributed by atoms with Crippen molar-refractivity contribution in [2.75, 3.05) is 18.5 Å². The van der Waals surface area contributed by atoms with Crippen molar-refractivity contribution in [1.82, 2.24) is 5.32 Å². The van der Waals surface area contributed by atoms with Gasteiger partial charge in [0.25, 0.3) is 5.91 Å². The number of amides is 2. The zero-order valence-corrected chi connectivity index (χ0v) is 12.7. The first kappa shape index (κ1) is 17.0.